The Morgan fingerprint density at radius 2 is 1.66 bits per heavy atom. The van der Waals surface area contributed by atoms with Gasteiger partial charge in [-0.15, -0.1) is 0 Å². The summed E-state index contributed by atoms with van der Waals surface area (Å²) < 4.78 is 35.7. The number of halogens is 1. The Kier molecular flexibility index (Phi) is 4.90. The van der Waals surface area contributed by atoms with E-state index in [1.165, 1.54) is 42.5 Å². The predicted molar refractivity (Wildman–Crippen MR) is 110 cm³/mol. The lowest BCUT2D eigenvalue weighted by Gasteiger charge is -2.08. The molecule has 29 heavy (non-hydrogen) atoms. The van der Waals surface area contributed by atoms with Crippen LogP contribution in [0.3, 0.4) is 0 Å². The third-order valence-electron chi connectivity index (χ3n) is 4.32. The maximum atomic E-state index is 12.6. The van der Waals surface area contributed by atoms with Crippen LogP contribution in [-0.2, 0) is 10.1 Å². The number of carbonyl (C=O) groups is 1. The number of ketones is 1. The molecule has 0 saturated heterocycles. The third-order valence-corrected chi connectivity index (χ3v) is 5.84. The Bertz CT molecular complexity index is 1230. The van der Waals surface area contributed by atoms with E-state index in [4.69, 9.17) is 20.5 Å². The molecule has 3 aromatic rings. The molecule has 0 aliphatic carbocycles. The van der Waals surface area contributed by atoms with Crippen molar-refractivity contribution in [3.8, 4) is 11.5 Å². The van der Waals surface area contributed by atoms with Crippen LogP contribution in [-0.4, -0.2) is 14.2 Å². The molecular formula is C22H15ClO5S. The van der Waals surface area contributed by atoms with E-state index in [0.29, 0.717) is 10.6 Å². The zero-order chi connectivity index (χ0) is 20.6. The van der Waals surface area contributed by atoms with Crippen molar-refractivity contribution in [2.45, 2.75) is 11.8 Å². The number of carbonyl (C=O) groups excluding carboxylic acids is 1. The summed E-state index contributed by atoms with van der Waals surface area (Å²) in [5, 5.41) is 0.418. The molecule has 0 bridgehead atoms. The van der Waals surface area contributed by atoms with Crippen LogP contribution in [0.4, 0.5) is 0 Å². The minimum Gasteiger partial charge on any atom is -0.452 e. The van der Waals surface area contributed by atoms with Gasteiger partial charge in [0.2, 0.25) is 5.78 Å². The van der Waals surface area contributed by atoms with E-state index < -0.39 is 10.1 Å². The van der Waals surface area contributed by atoms with Gasteiger partial charge < -0.3 is 8.92 Å². The monoisotopic (exact) mass is 426 g/mol. The number of ether oxygens (including phenoxy) is 1. The Morgan fingerprint density at radius 3 is 2.34 bits per heavy atom. The molecule has 146 valence electrons. The number of hydrogen-bond acceptors (Lipinski definition) is 5. The van der Waals surface area contributed by atoms with E-state index >= 15 is 0 Å². The van der Waals surface area contributed by atoms with Crippen molar-refractivity contribution in [3.05, 3.63) is 94.2 Å². The minimum absolute atomic E-state index is 0.0284. The van der Waals surface area contributed by atoms with Crippen molar-refractivity contribution in [1.29, 1.82) is 0 Å². The lowest BCUT2D eigenvalue weighted by molar-refractivity contribution is 0.101. The molecule has 0 spiro atoms. The Labute approximate surface area is 173 Å². The normalized spacial score (nSPS) is 14.6. The molecule has 7 heteroatoms. The summed E-state index contributed by atoms with van der Waals surface area (Å²) in [6, 6.07) is 17.6. The minimum atomic E-state index is -4.04. The fraction of sp³-hybridized carbons (Fsp3) is 0.0455. The van der Waals surface area contributed by atoms with Crippen LogP contribution in [0.25, 0.3) is 6.08 Å². The molecule has 0 saturated carbocycles. The highest BCUT2D eigenvalue weighted by molar-refractivity contribution is 7.87. The van der Waals surface area contributed by atoms with Crippen LogP contribution < -0.4 is 8.92 Å². The van der Waals surface area contributed by atoms with Gasteiger partial charge in [-0.3, -0.25) is 4.79 Å². The predicted octanol–water partition coefficient (Wildman–Crippen LogP) is 5.03. The number of allylic oxidation sites excluding steroid dienone is 1. The van der Waals surface area contributed by atoms with Gasteiger partial charge >= 0.3 is 10.1 Å². The van der Waals surface area contributed by atoms with Gasteiger partial charge in [0.1, 0.15) is 16.4 Å². The Morgan fingerprint density at radius 1 is 0.966 bits per heavy atom. The molecule has 1 aliphatic rings. The van der Waals surface area contributed by atoms with Gasteiger partial charge in [-0.05, 0) is 55.0 Å². The van der Waals surface area contributed by atoms with E-state index in [2.05, 4.69) is 0 Å². The van der Waals surface area contributed by atoms with Crippen LogP contribution in [0.5, 0.6) is 11.5 Å². The molecule has 5 nitrogen and oxygen atoms in total. The zero-order valence-corrected chi connectivity index (χ0v) is 16.8. The maximum Gasteiger partial charge on any atom is 0.339 e. The molecule has 1 aliphatic heterocycles. The largest absolute Gasteiger partial charge is 0.452 e. The second-order valence-electron chi connectivity index (χ2n) is 6.50. The van der Waals surface area contributed by atoms with Crippen molar-refractivity contribution in [1.82, 2.24) is 0 Å². The van der Waals surface area contributed by atoms with E-state index in [1.54, 1.807) is 6.08 Å². The molecule has 0 aromatic heterocycles. The number of rotatable bonds is 4. The average molecular weight is 427 g/mol. The molecule has 0 fully saturated rings. The molecule has 4 rings (SSSR count). The smallest absolute Gasteiger partial charge is 0.339 e. The summed E-state index contributed by atoms with van der Waals surface area (Å²) in [7, 11) is -4.04. The number of hydrogen-bond donors (Lipinski definition) is 0. The van der Waals surface area contributed by atoms with Gasteiger partial charge in [0.25, 0.3) is 0 Å². The average Bonchev–Trinajstić information content (AvgIpc) is 2.98. The first-order valence-corrected chi connectivity index (χ1v) is 10.5. The second-order valence-corrected chi connectivity index (χ2v) is 8.48. The molecule has 0 atom stereocenters. The highest BCUT2D eigenvalue weighted by Crippen LogP contribution is 2.35. The van der Waals surface area contributed by atoms with Gasteiger partial charge in [-0.1, -0.05) is 41.4 Å². The van der Waals surface area contributed by atoms with Crippen molar-refractivity contribution >= 4 is 33.6 Å². The molecular weight excluding hydrogens is 412 g/mol. The van der Waals surface area contributed by atoms with Gasteiger partial charge in [0.05, 0.1) is 5.56 Å². The van der Waals surface area contributed by atoms with Gasteiger partial charge in [-0.2, -0.15) is 8.42 Å². The first-order chi connectivity index (χ1) is 13.8. The zero-order valence-electron chi connectivity index (χ0n) is 15.3. The number of Topliss-reactive ketones (excluding diaryl/α,β-unsaturated/α-hetero) is 1. The third kappa shape index (κ3) is 4.04. The standard InChI is InChI=1S/C22H15ClO5S/c1-14-2-4-15(5-3-14)12-21-22(24)19-11-8-17(13-20(19)27-21)28-29(25,26)18-9-6-16(23)7-10-18/h2-13H,1H3/b21-12-. The van der Waals surface area contributed by atoms with Crippen LogP contribution in [0.2, 0.25) is 5.02 Å². The van der Waals surface area contributed by atoms with Crippen LogP contribution >= 0.6 is 11.6 Å². The van der Waals surface area contributed by atoms with E-state index in [1.807, 2.05) is 31.2 Å². The summed E-state index contributed by atoms with van der Waals surface area (Å²) in [5.74, 6) is 0.189. The molecule has 0 unspecified atom stereocenters. The van der Waals surface area contributed by atoms with Gasteiger partial charge in [0, 0.05) is 11.1 Å². The number of benzene rings is 3. The summed E-state index contributed by atoms with van der Waals surface area (Å²) >= 11 is 5.79. The topological polar surface area (TPSA) is 69.7 Å². The molecule has 0 N–H and O–H groups in total. The lowest BCUT2D eigenvalue weighted by Crippen LogP contribution is -2.09. The lowest BCUT2D eigenvalue weighted by atomic mass is 10.1. The van der Waals surface area contributed by atoms with Gasteiger partial charge in [-0.25, -0.2) is 0 Å². The molecule has 0 radical (unpaired) electrons. The van der Waals surface area contributed by atoms with E-state index in [9.17, 15) is 13.2 Å². The summed E-state index contributed by atoms with van der Waals surface area (Å²) in [6.07, 6.45) is 1.65. The van der Waals surface area contributed by atoms with Crippen molar-refractivity contribution in [2.24, 2.45) is 0 Å². The first kappa shape index (κ1) is 19.2. The van der Waals surface area contributed by atoms with Crippen molar-refractivity contribution in [2.75, 3.05) is 0 Å². The van der Waals surface area contributed by atoms with Crippen LogP contribution in [0.1, 0.15) is 21.5 Å². The Hall–Kier alpha value is -3.09. The molecule has 0 amide bonds. The summed E-state index contributed by atoms with van der Waals surface area (Å²) in [6.45, 7) is 1.98. The Balaban J connectivity index is 1.59. The highest BCUT2D eigenvalue weighted by Gasteiger charge is 2.28. The highest BCUT2D eigenvalue weighted by atomic mass is 35.5. The van der Waals surface area contributed by atoms with E-state index in [0.717, 1.165) is 11.1 Å². The quantitative estimate of drug-likeness (QED) is 0.432. The number of aryl methyl sites for hydroxylation is 1. The van der Waals surface area contributed by atoms with E-state index in [-0.39, 0.29) is 27.9 Å². The fourth-order valence-electron chi connectivity index (χ4n) is 2.81. The first-order valence-electron chi connectivity index (χ1n) is 8.67. The summed E-state index contributed by atoms with van der Waals surface area (Å²) in [5.41, 5.74) is 2.28. The SMILES string of the molecule is Cc1ccc(/C=C2\Oc3cc(OS(=O)(=O)c4ccc(Cl)cc4)ccc3C2=O)cc1. The van der Waals surface area contributed by atoms with Crippen molar-refractivity contribution < 1.29 is 22.1 Å². The van der Waals surface area contributed by atoms with Gasteiger partial charge in [0.15, 0.2) is 5.76 Å². The van der Waals surface area contributed by atoms with Crippen LogP contribution in [0, 0.1) is 6.92 Å². The number of fused-ring (bicyclic) bond motifs is 1. The van der Waals surface area contributed by atoms with Crippen LogP contribution in [0.15, 0.2) is 77.4 Å². The fourth-order valence-corrected chi connectivity index (χ4v) is 3.86. The summed E-state index contributed by atoms with van der Waals surface area (Å²) in [4.78, 5) is 12.5. The van der Waals surface area contributed by atoms with Crippen molar-refractivity contribution in [3.63, 3.8) is 0 Å². The molecule has 3 aromatic carbocycles. The second kappa shape index (κ2) is 7.39. The maximum absolute atomic E-state index is 12.6. The molecule has 1 heterocycles.